The third-order valence-electron chi connectivity index (χ3n) is 12.0. The Morgan fingerprint density at radius 1 is 0.516 bits per heavy atom. The predicted octanol–water partition coefficient (Wildman–Crippen LogP) is 16.0. The summed E-state index contributed by atoms with van der Waals surface area (Å²) in [6, 6.07) is -0.873. The van der Waals surface area contributed by atoms with E-state index in [1.807, 2.05) is 27.2 Å². The number of phosphoric acid groups is 1. The molecule has 376 valence electrons. The van der Waals surface area contributed by atoms with Crippen LogP contribution in [0.15, 0.2) is 48.6 Å². The number of carbonyl (C=O) groups excluding carboxylic acids is 1. The van der Waals surface area contributed by atoms with Crippen molar-refractivity contribution in [3.05, 3.63) is 48.6 Å². The summed E-state index contributed by atoms with van der Waals surface area (Å²) >= 11 is 0. The minimum Gasteiger partial charge on any atom is -0.387 e. The van der Waals surface area contributed by atoms with E-state index in [0.717, 1.165) is 44.9 Å². The number of amides is 1. The third-order valence-corrected chi connectivity index (χ3v) is 13.0. The number of unbranched alkanes of at least 4 members (excludes halogenated alkanes) is 30. The van der Waals surface area contributed by atoms with Gasteiger partial charge in [-0.05, 0) is 70.6 Å². The first-order valence-electron chi connectivity index (χ1n) is 27.0. The van der Waals surface area contributed by atoms with Crippen molar-refractivity contribution in [2.45, 2.75) is 257 Å². The second-order valence-electron chi connectivity index (χ2n) is 19.6. The molecule has 0 aliphatic carbocycles. The molecule has 0 aliphatic rings. The van der Waals surface area contributed by atoms with Crippen molar-refractivity contribution in [2.75, 3.05) is 40.9 Å². The second-order valence-corrected chi connectivity index (χ2v) is 21.0. The van der Waals surface area contributed by atoms with Gasteiger partial charge in [-0.2, -0.15) is 0 Å². The number of hydrogen-bond acceptors (Lipinski definition) is 5. The van der Waals surface area contributed by atoms with Gasteiger partial charge in [0.05, 0.1) is 39.9 Å². The molecule has 0 aromatic carbocycles. The molecule has 9 heteroatoms. The molecular formula is C55H106N2O6P+. The lowest BCUT2D eigenvalue weighted by Gasteiger charge is -2.25. The molecule has 0 heterocycles. The number of hydrogen-bond donors (Lipinski definition) is 3. The zero-order valence-corrected chi connectivity index (χ0v) is 43.7. The molecule has 1 amide bonds. The molecule has 0 aromatic heterocycles. The molecule has 0 aromatic rings. The second kappa shape index (κ2) is 46.6. The molecule has 0 fully saturated rings. The number of aliphatic hydroxyl groups is 1. The maximum Gasteiger partial charge on any atom is 0.472 e. The fourth-order valence-corrected chi connectivity index (χ4v) is 8.45. The molecule has 64 heavy (non-hydrogen) atoms. The highest BCUT2D eigenvalue weighted by Crippen LogP contribution is 2.43. The molecule has 0 spiro atoms. The standard InChI is InChI=1S/C55H105N2O6P/c1-6-8-10-12-14-16-18-20-22-24-26-27-28-29-30-31-32-34-36-38-40-42-44-46-48-54(58)53(52-63-64(60,61)62-51-50-57(3,4)5)56-55(59)49-47-45-43-41-39-37-35-33-25-23-21-19-17-15-13-11-9-7-2/h23,25,31-32,38,40,46,48,53-54,58H,6-22,24,26-30,33-37,39,41-45,47,49-52H2,1-5H3,(H-,56,59,60,61)/p+1/b25-23-,32-31+,40-38+,48-46+. The number of rotatable bonds is 49. The van der Waals surface area contributed by atoms with Crippen molar-refractivity contribution in [1.82, 2.24) is 5.32 Å². The van der Waals surface area contributed by atoms with Gasteiger partial charge in [-0.25, -0.2) is 4.57 Å². The first kappa shape index (κ1) is 62.5. The van der Waals surface area contributed by atoms with Crippen LogP contribution in [0.1, 0.15) is 245 Å². The molecule has 0 rings (SSSR count). The van der Waals surface area contributed by atoms with E-state index in [9.17, 15) is 19.4 Å². The van der Waals surface area contributed by atoms with Gasteiger partial charge < -0.3 is 19.8 Å². The molecule has 0 saturated carbocycles. The Hall–Kier alpha value is -1.54. The van der Waals surface area contributed by atoms with Crippen LogP contribution in [0.3, 0.4) is 0 Å². The topological polar surface area (TPSA) is 105 Å². The van der Waals surface area contributed by atoms with Crippen molar-refractivity contribution < 1.29 is 32.9 Å². The van der Waals surface area contributed by atoms with E-state index in [1.165, 1.54) is 180 Å². The van der Waals surface area contributed by atoms with Crippen molar-refractivity contribution in [3.8, 4) is 0 Å². The summed E-state index contributed by atoms with van der Waals surface area (Å²) in [6.45, 7) is 4.80. The summed E-state index contributed by atoms with van der Waals surface area (Å²) in [5.74, 6) is -0.195. The van der Waals surface area contributed by atoms with Gasteiger partial charge in [0.1, 0.15) is 13.2 Å². The zero-order chi connectivity index (χ0) is 47.1. The van der Waals surface area contributed by atoms with Crippen LogP contribution in [0.2, 0.25) is 0 Å². The fraction of sp³-hybridized carbons (Fsp3) is 0.836. The van der Waals surface area contributed by atoms with E-state index in [-0.39, 0.29) is 19.1 Å². The van der Waals surface area contributed by atoms with Crippen molar-refractivity contribution >= 4 is 13.7 Å². The van der Waals surface area contributed by atoms with Crippen LogP contribution < -0.4 is 5.32 Å². The number of likely N-dealkylation sites (N-methyl/N-ethyl adjacent to an activating group) is 1. The molecule has 0 radical (unpaired) electrons. The summed E-state index contributed by atoms with van der Waals surface area (Å²) in [5, 5.41) is 13.9. The highest BCUT2D eigenvalue weighted by molar-refractivity contribution is 7.47. The van der Waals surface area contributed by atoms with Crippen molar-refractivity contribution in [2.24, 2.45) is 0 Å². The van der Waals surface area contributed by atoms with Crippen LogP contribution in [-0.2, 0) is 18.4 Å². The van der Waals surface area contributed by atoms with Crippen LogP contribution in [0.5, 0.6) is 0 Å². The quantitative estimate of drug-likeness (QED) is 0.0243. The minimum absolute atomic E-state index is 0.0521. The van der Waals surface area contributed by atoms with E-state index in [4.69, 9.17) is 9.05 Å². The monoisotopic (exact) mass is 922 g/mol. The summed E-state index contributed by atoms with van der Waals surface area (Å²) in [6.07, 6.45) is 60.6. The lowest BCUT2D eigenvalue weighted by Crippen LogP contribution is -2.45. The Balaban J connectivity index is 4.35. The average Bonchev–Trinajstić information content (AvgIpc) is 3.25. The Kier molecular flexibility index (Phi) is 45.4. The zero-order valence-electron chi connectivity index (χ0n) is 42.8. The van der Waals surface area contributed by atoms with Gasteiger partial charge >= 0.3 is 7.82 Å². The van der Waals surface area contributed by atoms with Crippen LogP contribution >= 0.6 is 7.82 Å². The van der Waals surface area contributed by atoms with Gasteiger partial charge in [-0.15, -0.1) is 0 Å². The van der Waals surface area contributed by atoms with Crippen molar-refractivity contribution in [1.29, 1.82) is 0 Å². The van der Waals surface area contributed by atoms with E-state index >= 15 is 0 Å². The Morgan fingerprint density at radius 2 is 0.859 bits per heavy atom. The van der Waals surface area contributed by atoms with Gasteiger partial charge in [0.15, 0.2) is 0 Å². The maximum atomic E-state index is 12.9. The van der Waals surface area contributed by atoms with E-state index < -0.39 is 20.0 Å². The molecule has 3 unspecified atom stereocenters. The predicted molar refractivity (Wildman–Crippen MR) is 277 cm³/mol. The Bertz CT molecular complexity index is 1180. The van der Waals surface area contributed by atoms with Gasteiger partial charge in [0.25, 0.3) is 0 Å². The summed E-state index contributed by atoms with van der Waals surface area (Å²) < 4.78 is 23.6. The number of allylic oxidation sites excluding steroid dienone is 7. The van der Waals surface area contributed by atoms with Gasteiger partial charge in [-0.3, -0.25) is 13.8 Å². The molecule has 0 aliphatic heterocycles. The number of nitrogens with zero attached hydrogens (tertiary/aromatic N) is 1. The van der Waals surface area contributed by atoms with Gasteiger partial charge in [-0.1, -0.05) is 217 Å². The van der Waals surface area contributed by atoms with Gasteiger partial charge in [0, 0.05) is 6.42 Å². The van der Waals surface area contributed by atoms with Crippen LogP contribution in [0, 0.1) is 0 Å². The highest BCUT2D eigenvalue weighted by Gasteiger charge is 2.27. The fourth-order valence-electron chi connectivity index (χ4n) is 7.72. The van der Waals surface area contributed by atoms with Crippen molar-refractivity contribution in [3.63, 3.8) is 0 Å². The van der Waals surface area contributed by atoms with Crippen LogP contribution in [-0.4, -0.2) is 73.4 Å². The molecule has 0 saturated heterocycles. The van der Waals surface area contributed by atoms with Crippen LogP contribution in [0.25, 0.3) is 0 Å². The highest BCUT2D eigenvalue weighted by atomic mass is 31.2. The molecular weight excluding hydrogens is 816 g/mol. The number of quaternary nitrogens is 1. The molecule has 0 bridgehead atoms. The summed E-state index contributed by atoms with van der Waals surface area (Å²) in [4.78, 5) is 23.2. The lowest BCUT2D eigenvalue weighted by molar-refractivity contribution is -0.870. The molecule has 8 nitrogen and oxygen atoms in total. The third kappa shape index (κ3) is 48.4. The SMILES string of the molecule is CCCCCCCCC/C=C\CCCCCCCCCC(=O)NC(COP(=O)(O)OCC[N+](C)(C)C)C(O)/C=C/CC/C=C/CC/C=C/CCCCCCCCCCCCCCCC. The normalized spacial score (nSPS) is 14.4. The maximum absolute atomic E-state index is 12.9. The summed E-state index contributed by atoms with van der Waals surface area (Å²) in [7, 11) is 1.54. The number of carbonyl (C=O) groups is 1. The smallest absolute Gasteiger partial charge is 0.387 e. The number of aliphatic hydroxyl groups excluding tert-OH is 1. The Labute approximate surface area is 397 Å². The van der Waals surface area contributed by atoms with Gasteiger partial charge in [0.2, 0.25) is 5.91 Å². The van der Waals surface area contributed by atoms with E-state index in [0.29, 0.717) is 17.4 Å². The lowest BCUT2D eigenvalue weighted by atomic mass is 10.0. The average molecular weight is 922 g/mol. The summed E-state index contributed by atoms with van der Waals surface area (Å²) in [5.41, 5.74) is 0. The van der Waals surface area contributed by atoms with E-state index in [1.54, 1.807) is 6.08 Å². The van der Waals surface area contributed by atoms with E-state index in [2.05, 4.69) is 55.6 Å². The molecule has 3 atom stereocenters. The number of nitrogens with one attached hydrogen (secondary N) is 1. The molecule has 3 N–H and O–H groups in total. The largest absolute Gasteiger partial charge is 0.472 e. The Morgan fingerprint density at radius 3 is 1.25 bits per heavy atom. The first-order chi connectivity index (χ1) is 31.0. The number of phosphoric ester groups is 1. The first-order valence-corrected chi connectivity index (χ1v) is 28.5. The minimum atomic E-state index is -4.36. The van der Waals surface area contributed by atoms with Crippen LogP contribution in [0.4, 0.5) is 0 Å².